The number of rotatable bonds is 2. The summed E-state index contributed by atoms with van der Waals surface area (Å²) in [6.45, 7) is 3.99. The quantitative estimate of drug-likeness (QED) is 0.450. The lowest BCUT2D eigenvalue weighted by Crippen LogP contribution is -2.36. The maximum Gasteiger partial charge on any atom is 0.260 e. The second kappa shape index (κ2) is 6.65. The second-order valence-corrected chi connectivity index (χ2v) is 5.67. The summed E-state index contributed by atoms with van der Waals surface area (Å²) >= 11 is 2.22. The standard InChI is InChI=1S/C16H14INO2/c1-12-5-3-2-4-6-15(19)18(16(12)20)11-13-7-9-14(17)10-8-13/h2-5,7-10H,1,6,11H2/b4-2-,5-3-. The number of halogens is 1. The molecule has 0 unspecified atom stereocenters. The second-order valence-electron chi connectivity index (χ2n) is 4.43. The van der Waals surface area contributed by atoms with Crippen LogP contribution in [0.5, 0.6) is 0 Å². The molecule has 0 spiro atoms. The third-order valence-corrected chi connectivity index (χ3v) is 3.63. The molecular weight excluding hydrogens is 365 g/mol. The van der Waals surface area contributed by atoms with Crippen molar-refractivity contribution in [1.82, 2.24) is 4.90 Å². The molecule has 0 bridgehead atoms. The van der Waals surface area contributed by atoms with Gasteiger partial charge >= 0.3 is 0 Å². The molecule has 0 aliphatic carbocycles. The summed E-state index contributed by atoms with van der Waals surface area (Å²) in [5, 5.41) is 0. The predicted molar refractivity (Wildman–Crippen MR) is 86.8 cm³/mol. The van der Waals surface area contributed by atoms with Gasteiger partial charge in [-0.25, -0.2) is 0 Å². The Labute approximate surface area is 131 Å². The van der Waals surface area contributed by atoms with Gasteiger partial charge in [0.25, 0.3) is 5.91 Å². The van der Waals surface area contributed by atoms with E-state index in [-0.39, 0.29) is 24.8 Å². The number of hydrogen-bond donors (Lipinski definition) is 0. The zero-order chi connectivity index (χ0) is 14.5. The first-order chi connectivity index (χ1) is 9.58. The van der Waals surface area contributed by atoms with Crippen LogP contribution in [0.1, 0.15) is 12.0 Å². The van der Waals surface area contributed by atoms with Crippen LogP contribution in [-0.2, 0) is 16.1 Å². The van der Waals surface area contributed by atoms with E-state index in [1.807, 2.05) is 24.3 Å². The fourth-order valence-electron chi connectivity index (χ4n) is 1.82. The Bertz CT molecular complexity index is 599. The van der Waals surface area contributed by atoms with Gasteiger partial charge in [0.1, 0.15) is 0 Å². The Morgan fingerprint density at radius 3 is 2.55 bits per heavy atom. The first-order valence-electron chi connectivity index (χ1n) is 6.19. The SMILES string of the molecule is C=C1/C=C\C=C/CC(=O)N(Cc2ccc(I)cc2)C1=O. The van der Waals surface area contributed by atoms with Crippen molar-refractivity contribution in [3.63, 3.8) is 0 Å². The molecule has 0 saturated heterocycles. The first kappa shape index (κ1) is 14.7. The topological polar surface area (TPSA) is 37.4 Å². The summed E-state index contributed by atoms with van der Waals surface area (Å²) in [6.07, 6.45) is 7.06. The number of nitrogens with zero attached hydrogens (tertiary/aromatic N) is 1. The molecule has 0 aromatic heterocycles. The molecule has 3 nitrogen and oxygen atoms in total. The molecular formula is C16H14INO2. The predicted octanol–water partition coefficient (Wildman–Crippen LogP) is 3.22. The Morgan fingerprint density at radius 1 is 1.15 bits per heavy atom. The Kier molecular flexibility index (Phi) is 4.89. The summed E-state index contributed by atoms with van der Waals surface area (Å²) in [5.41, 5.74) is 1.24. The lowest BCUT2D eigenvalue weighted by Gasteiger charge is -2.20. The zero-order valence-corrected chi connectivity index (χ0v) is 13.0. The van der Waals surface area contributed by atoms with Crippen molar-refractivity contribution in [2.45, 2.75) is 13.0 Å². The lowest BCUT2D eigenvalue weighted by atomic mass is 10.1. The third kappa shape index (κ3) is 3.66. The van der Waals surface area contributed by atoms with Crippen molar-refractivity contribution in [2.75, 3.05) is 0 Å². The van der Waals surface area contributed by atoms with Crippen molar-refractivity contribution in [2.24, 2.45) is 0 Å². The third-order valence-electron chi connectivity index (χ3n) is 2.91. The molecule has 4 heteroatoms. The van der Waals surface area contributed by atoms with Gasteiger partial charge in [0.2, 0.25) is 5.91 Å². The van der Waals surface area contributed by atoms with Crippen molar-refractivity contribution in [3.8, 4) is 0 Å². The van der Waals surface area contributed by atoms with Gasteiger partial charge in [-0.05, 0) is 40.3 Å². The van der Waals surface area contributed by atoms with E-state index in [0.29, 0.717) is 5.57 Å². The molecule has 0 saturated carbocycles. The molecule has 2 amide bonds. The van der Waals surface area contributed by atoms with Crippen LogP contribution in [0, 0.1) is 3.57 Å². The molecule has 0 fully saturated rings. The minimum atomic E-state index is -0.339. The summed E-state index contributed by atoms with van der Waals surface area (Å²) in [6, 6.07) is 7.75. The largest absolute Gasteiger partial charge is 0.274 e. The molecule has 1 heterocycles. The van der Waals surface area contributed by atoms with Gasteiger partial charge in [-0.1, -0.05) is 43.0 Å². The Hall–Kier alpha value is -1.69. The van der Waals surface area contributed by atoms with Crippen LogP contribution in [0.4, 0.5) is 0 Å². The minimum absolute atomic E-state index is 0.213. The summed E-state index contributed by atoms with van der Waals surface area (Å²) < 4.78 is 1.11. The highest BCUT2D eigenvalue weighted by atomic mass is 127. The van der Waals surface area contributed by atoms with Crippen molar-refractivity contribution in [1.29, 1.82) is 0 Å². The van der Waals surface area contributed by atoms with E-state index in [1.165, 1.54) is 4.90 Å². The van der Waals surface area contributed by atoms with Crippen LogP contribution < -0.4 is 0 Å². The monoisotopic (exact) mass is 379 g/mol. The van der Waals surface area contributed by atoms with Gasteiger partial charge in [-0.2, -0.15) is 0 Å². The van der Waals surface area contributed by atoms with Crippen molar-refractivity contribution in [3.05, 3.63) is 69.9 Å². The molecule has 0 atom stereocenters. The highest BCUT2D eigenvalue weighted by molar-refractivity contribution is 14.1. The average molecular weight is 379 g/mol. The fraction of sp³-hybridized carbons (Fsp3) is 0.125. The van der Waals surface area contributed by atoms with E-state index in [2.05, 4.69) is 29.2 Å². The van der Waals surface area contributed by atoms with Crippen LogP contribution >= 0.6 is 22.6 Å². The van der Waals surface area contributed by atoms with Crippen molar-refractivity contribution < 1.29 is 9.59 Å². The number of benzene rings is 1. The number of imide groups is 1. The number of carbonyl (C=O) groups excluding carboxylic acids is 2. The van der Waals surface area contributed by atoms with Gasteiger partial charge in [-0.3, -0.25) is 14.5 Å². The number of carbonyl (C=O) groups is 2. The van der Waals surface area contributed by atoms with Gasteiger partial charge < -0.3 is 0 Å². The Morgan fingerprint density at radius 2 is 1.85 bits per heavy atom. The first-order valence-corrected chi connectivity index (χ1v) is 7.27. The van der Waals surface area contributed by atoms with Crippen LogP contribution in [0.3, 0.4) is 0 Å². The van der Waals surface area contributed by atoms with Crippen LogP contribution in [0.2, 0.25) is 0 Å². The summed E-state index contributed by atoms with van der Waals surface area (Å²) in [7, 11) is 0. The van der Waals surface area contributed by atoms with E-state index < -0.39 is 0 Å². The molecule has 20 heavy (non-hydrogen) atoms. The molecule has 102 valence electrons. The molecule has 0 N–H and O–H groups in total. The van der Waals surface area contributed by atoms with Crippen LogP contribution in [-0.4, -0.2) is 16.7 Å². The minimum Gasteiger partial charge on any atom is -0.274 e. The maximum atomic E-state index is 12.3. The number of amides is 2. The number of allylic oxidation sites excluding steroid dienone is 2. The normalized spacial score (nSPS) is 19.2. The van der Waals surface area contributed by atoms with E-state index in [9.17, 15) is 9.59 Å². The fourth-order valence-corrected chi connectivity index (χ4v) is 2.18. The van der Waals surface area contributed by atoms with Crippen molar-refractivity contribution >= 4 is 34.4 Å². The number of hydrogen-bond acceptors (Lipinski definition) is 2. The Balaban J connectivity index is 2.25. The molecule has 1 aliphatic rings. The summed E-state index contributed by atoms with van der Waals surface area (Å²) in [5.74, 6) is -0.553. The van der Waals surface area contributed by atoms with E-state index in [4.69, 9.17) is 0 Å². The maximum absolute atomic E-state index is 12.3. The van der Waals surface area contributed by atoms with Crippen LogP contribution in [0.25, 0.3) is 0 Å². The molecule has 1 aromatic rings. The highest BCUT2D eigenvalue weighted by Crippen LogP contribution is 2.14. The van der Waals surface area contributed by atoms with Crippen LogP contribution in [0.15, 0.2) is 60.7 Å². The van der Waals surface area contributed by atoms with Gasteiger partial charge in [0.05, 0.1) is 6.54 Å². The molecule has 2 rings (SSSR count). The smallest absolute Gasteiger partial charge is 0.260 e. The van der Waals surface area contributed by atoms with E-state index in [0.717, 1.165) is 9.13 Å². The van der Waals surface area contributed by atoms with E-state index in [1.54, 1.807) is 24.3 Å². The molecule has 1 aliphatic heterocycles. The van der Waals surface area contributed by atoms with Gasteiger partial charge in [0, 0.05) is 15.6 Å². The molecule has 1 aromatic carbocycles. The molecule has 0 radical (unpaired) electrons. The highest BCUT2D eigenvalue weighted by Gasteiger charge is 2.22. The summed E-state index contributed by atoms with van der Waals surface area (Å²) in [4.78, 5) is 25.6. The average Bonchev–Trinajstić information content (AvgIpc) is 2.49. The van der Waals surface area contributed by atoms with Gasteiger partial charge in [0.15, 0.2) is 0 Å². The zero-order valence-electron chi connectivity index (χ0n) is 10.9. The van der Waals surface area contributed by atoms with E-state index >= 15 is 0 Å². The lowest BCUT2D eigenvalue weighted by molar-refractivity contribution is -0.142. The van der Waals surface area contributed by atoms with Gasteiger partial charge in [-0.15, -0.1) is 0 Å².